The summed E-state index contributed by atoms with van der Waals surface area (Å²) in [6, 6.07) is 21.6. The van der Waals surface area contributed by atoms with Gasteiger partial charge in [-0.25, -0.2) is 0 Å². The number of nitriles is 1. The number of amides is 1. The normalized spacial score (nSPS) is 15.2. The largest absolute Gasteiger partial charge is 0.353 e. The summed E-state index contributed by atoms with van der Waals surface area (Å²) in [4.78, 5) is 27.4. The zero-order chi connectivity index (χ0) is 27.1. The summed E-state index contributed by atoms with van der Waals surface area (Å²) >= 11 is 2.82. The van der Waals surface area contributed by atoms with Crippen molar-refractivity contribution in [2.45, 2.75) is 46.0 Å². The highest BCUT2D eigenvalue weighted by atomic mass is 32.2. The highest BCUT2D eigenvalue weighted by Gasteiger charge is 2.35. The first kappa shape index (κ1) is 27.4. The van der Waals surface area contributed by atoms with Gasteiger partial charge in [0.25, 0.3) is 5.91 Å². The van der Waals surface area contributed by atoms with Crippen molar-refractivity contribution in [2.24, 2.45) is 0 Å². The molecule has 194 valence electrons. The van der Waals surface area contributed by atoms with Gasteiger partial charge in [-0.1, -0.05) is 73.6 Å². The van der Waals surface area contributed by atoms with E-state index < -0.39 is 5.92 Å². The monoisotopic (exact) mass is 541 g/mol. The molecule has 1 aliphatic heterocycles. The average Bonchev–Trinajstić information content (AvgIpc) is 3.46. The van der Waals surface area contributed by atoms with Crippen molar-refractivity contribution in [3.63, 3.8) is 0 Å². The number of anilines is 1. The Kier molecular flexibility index (Phi) is 9.22. The molecule has 0 saturated heterocycles. The van der Waals surface area contributed by atoms with Crippen LogP contribution < -0.4 is 10.6 Å². The van der Waals surface area contributed by atoms with E-state index >= 15 is 0 Å². The van der Waals surface area contributed by atoms with Crippen LogP contribution in [-0.2, 0) is 11.2 Å². The number of rotatable bonds is 10. The molecule has 0 saturated carbocycles. The van der Waals surface area contributed by atoms with Gasteiger partial charge in [-0.3, -0.25) is 9.59 Å². The number of para-hydroxylation sites is 1. The first-order valence-corrected chi connectivity index (χ1v) is 14.6. The summed E-state index contributed by atoms with van der Waals surface area (Å²) in [5, 5.41) is 19.1. The van der Waals surface area contributed by atoms with Crippen molar-refractivity contribution < 1.29 is 9.59 Å². The molecule has 2 aromatic carbocycles. The Bertz CT molecular complexity index is 1410. The Labute approximate surface area is 232 Å². The second-order valence-corrected chi connectivity index (χ2v) is 11.2. The minimum Gasteiger partial charge on any atom is -0.353 e. The Morgan fingerprint density at radius 3 is 2.50 bits per heavy atom. The van der Waals surface area contributed by atoms with E-state index in [2.05, 4.69) is 23.6 Å². The second kappa shape index (κ2) is 12.8. The SMILES string of the molecule is CCCCc1ccc(C(=O)CSC2=C(C#N)[C@H](c3cccs3)C(C(=O)Nc3ccccc3C)=C(C)N2)cc1. The lowest BCUT2D eigenvalue weighted by Crippen LogP contribution is -2.30. The predicted octanol–water partition coefficient (Wildman–Crippen LogP) is 7.35. The number of nitrogens with zero attached hydrogens (tertiary/aromatic N) is 1. The molecule has 1 aromatic heterocycles. The van der Waals surface area contributed by atoms with Gasteiger partial charge < -0.3 is 10.6 Å². The van der Waals surface area contributed by atoms with Crippen LogP contribution in [0.2, 0.25) is 0 Å². The molecule has 38 heavy (non-hydrogen) atoms. The topological polar surface area (TPSA) is 82.0 Å². The van der Waals surface area contributed by atoms with Crippen LogP contribution in [0.5, 0.6) is 0 Å². The van der Waals surface area contributed by atoms with Gasteiger partial charge in [0.1, 0.15) is 0 Å². The summed E-state index contributed by atoms with van der Waals surface area (Å²) in [5.41, 5.74) is 5.20. The van der Waals surface area contributed by atoms with Crippen molar-refractivity contribution in [3.8, 4) is 6.07 Å². The maximum atomic E-state index is 13.6. The smallest absolute Gasteiger partial charge is 0.254 e. The van der Waals surface area contributed by atoms with Gasteiger partial charge in [-0.05, 0) is 55.3 Å². The van der Waals surface area contributed by atoms with Crippen LogP contribution in [0, 0.1) is 18.3 Å². The van der Waals surface area contributed by atoms with E-state index in [0.29, 0.717) is 27.4 Å². The highest BCUT2D eigenvalue weighted by Crippen LogP contribution is 2.42. The van der Waals surface area contributed by atoms with E-state index in [9.17, 15) is 14.9 Å². The minimum atomic E-state index is -0.513. The van der Waals surface area contributed by atoms with Crippen LogP contribution in [0.4, 0.5) is 5.69 Å². The number of ketones is 1. The second-order valence-electron chi connectivity index (χ2n) is 9.25. The van der Waals surface area contributed by atoms with Gasteiger partial charge in [0.05, 0.1) is 28.3 Å². The van der Waals surface area contributed by atoms with Gasteiger partial charge in [0, 0.05) is 27.4 Å². The van der Waals surface area contributed by atoms with Crippen LogP contribution in [0.15, 0.2) is 87.9 Å². The van der Waals surface area contributed by atoms with Crippen LogP contribution in [0.1, 0.15) is 59.0 Å². The number of thiophene rings is 1. The number of aryl methyl sites for hydroxylation is 2. The third-order valence-corrected chi connectivity index (χ3v) is 8.51. The number of carbonyl (C=O) groups excluding carboxylic acids is 2. The lowest BCUT2D eigenvalue weighted by Gasteiger charge is -2.29. The first-order valence-electron chi connectivity index (χ1n) is 12.7. The Morgan fingerprint density at radius 2 is 1.84 bits per heavy atom. The minimum absolute atomic E-state index is 0.000954. The number of unbranched alkanes of at least 4 members (excludes halogenated alkanes) is 1. The number of dihydropyridines is 1. The average molecular weight is 542 g/mol. The number of allylic oxidation sites excluding steroid dienone is 2. The van der Waals surface area contributed by atoms with E-state index in [1.807, 2.05) is 79.9 Å². The molecule has 7 heteroatoms. The molecule has 2 N–H and O–H groups in total. The first-order chi connectivity index (χ1) is 18.4. The van der Waals surface area contributed by atoms with Gasteiger partial charge in [-0.2, -0.15) is 5.26 Å². The summed E-state index contributed by atoms with van der Waals surface area (Å²) in [6.45, 7) is 5.95. The number of hydrogen-bond donors (Lipinski definition) is 2. The van der Waals surface area contributed by atoms with Gasteiger partial charge in [0.15, 0.2) is 5.78 Å². The fourth-order valence-corrected chi connectivity index (χ4v) is 6.26. The van der Waals surface area contributed by atoms with E-state index in [1.54, 1.807) is 0 Å². The number of nitrogens with one attached hydrogen (secondary N) is 2. The molecule has 0 fully saturated rings. The lowest BCUT2D eigenvalue weighted by molar-refractivity contribution is -0.113. The third-order valence-electron chi connectivity index (χ3n) is 6.56. The quantitative estimate of drug-likeness (QED) is 0.262. The molecule has 3 aromatic rings. The Balaban J connectivity index is 1.57. The standard InChI is InChI=1S/C31H31N3O2S2/c1-4-5-10-22-13-15-23(16-14-22)26(35)19-38-31-24(18-32)29(27-12-8-17-37-27)28(21(3)33-31)30(36)34-25-11-7-6-9-20(25)2/h6-9,11-17,29,33H,4-5,10,19H2,1-3H3,(H,34,36)/t29-/m1/s1. The third kappa shape index (κ3) is 6.27. The predicted molar refractivity (Wildman–Crippen MR) is 157 cm³/mol. The van der Waals surface area contributed by atoms with Crippen molar-refractivity contribution in [1.82, 2.24) is 5.32 Å². The number of carbonyl (C=O) groups is 2. The molecule has 1 atom stereocenters. The summed E-state index contributed by atoms with van der Waals surface area (Å²) in [6.07, 6.45) is 3.27. The summed E-state index contributed by atoms with van der Waals surface area (Å²) < 4.78 is 0. The van der Waals surface area contributed by atoms with Crippen molar-refractivity contribution in [1.29, 1.82) is 5.26 Å². The van der Waals surface area contributed by atoms with Gasteiger partial charge >= 0.3 is 0 Å². The van der Waals surface area contributed by atoms with Crippen LogP contribution in [0.3, 0.4) is 0 Å². The highest BCUT2D eigenvalue weighted by molar-refractivity contribution is 8.03. The summed E-state index contributed by atoms with van der Waals surface area (Å²) in [7, 11) is 0. The molecule has 1 aliphatic rings. The van der Waals surface area contributed by atoms with E-state index in [0.717, 1.165) is 35.4 Å². The molecule has 0 aliphatic carbocycles. The molecule has 5 nitrogen and oxygen atoms in total. The molecule has 0 spiro atoms. The van der Waals surface area contributed by atoms with Crippen LogP contribution in [-0.4, -0.2) is 17.4 Å². The molecule has 2 heterocycles. The molecule has 0 unspecified atom stereocenters. The van der Waals surface area contributed by atoms with Crippen molar-refractivity contribution in [3.05, 3.63) is 109 Å². The zero-order valence-corrected chi connectivity index (χ0v) is 23.5. The van der Waals surface area contributed by atoms with E-state index in [1.165, 1.54) is 28.7 Å². The molecule has 4 rings (SSSR count). The number of Topliss-reactive ketones (excluding diaryl/α,β-unsaturated/α-hetero) is 1. The molecule has 0 radical (unpaired) electrons. The number of benzene rings is 2. The fourth-order valence-electron chi connectivity index (χ4n) is 4.43. The Morgan fingerprint density at radius 1 is 1.08 bits per heavy atom. The van der Waals surface area contributed by atoms with Gasteiger partial charge in [0.2, 0.25) is 0 Å². The van der Waals surface area contributed by atoms with Crippen LogP contribution >= 0.6 is 23.1 Å². The van der Waals surface area contributed by atoms with E-state index in [-0.39, 0.29) is 17.4 Å². The van der Waals surface area contributed by atoms with Crippen molar-refractivity contribution >= 4 is 40.5 Å². The zero-order valence-electron chi connectivity index (χ0n) is 21.8. The Hall–Kier alpha value is -3.60. The maximum Gasteiger partial charge on any atom is 0.254 e. The maximum absolute atomic E-state index is 13.6. The molecular weight excluding hydrogens is 510 g/mol. The van der Waals surface area contributed by atoms with Gasteiger partial charge in [-0.15, -0.1) is 11.3 Å². The number of hydrogen-bond acceptors (Lipinski definition) is 6. The fraction of sp³-hybridized carbons (Fsp3) is 0.258. The molecular formula is C31H31N3O2S2. The molecule has 0 bridgehead atoms. The van der Waals surface area contributed by atoms with Crippen LogP contribution in [0.25, 0.3) is 0 Å². The molecule has 1 amide bonds. The lowest BCUT2D eigenvalue weighted by atomic mass is 9.86. The van der Waals surface area contributed by atoms with E-state index in [4.69, 9.17) is 0 Å². The van der Waals surface area contributed by atoms with Crippen molar-refractivity contribution in [2.75, 3.05) is 11.1 Å². The summed E-state index contributed by atoms with van der Waals surface area (Å²) in [5.74, 6) is -0.572. The number of thioether (sulfide) groups is 1.